The number of pyridine rings is 1. The summed E-state index contributed by atoms with van der Waals surface area (Å²) in [7, 11) is 0. The maximum absolute atomic E-state index is 12.5. The number of alkyl halides is 3. The molecule has 0 radical (unpaired) electrons. The zero-order valence-corrected chi connectivity index (χ0v) is 11.5. The normalized spacial score (nSPS) is 11.7. The third-order valence-electron chi connectivity index (χ3n) is 2.64. The van der Waals surface area contributed by atoms with Gasteiger partial charge in [-0.3, -0.25) is 5.41 Å². The van der Waals surface area contributed by atoms with Crippen molar-refractivity contribution in [3.8, 4) is 0 Å². The van der Waals surface area contributed by atoms with Gasteiger partial charge in [-0.2, -0.15) is 13.2 Å². The standard InChI is InChI=1S/C13H19F3N4/c1-9(2)8-20(6-5-11(17)18)12-4-3-10(7-19-12)13(14,15)16/h3-4,7,9H,5-6,8H2,1-2H3,(H3,17,18). The van der Waals surface area contributed by atoms with Crippen LogP contribution in [0.1, 0.15) is 25.8 Å². The van der Waals surface area contributed by atoms with Crippen molar-refractivity contribution in [1.82, 2.24) is 4.98 Å². The Hall–Kier alpha value is -1.79. The summed E-state index contributed by atoms with van der Waals surface area (Å²) in [5, 5.41) is 7.23. The predicted molar refractivity (Wildman–Crippen MR) is 72.8 cm³/mol. The smallest absolute Gasteiger partial charge is 0.388 e. The number of amidine groups is 1. The Labute approximate surface area is 116 Å². The van der Waals surface area contributed by atoms with Crippen LogP contribution in [0.2, 0.25) is 0 Å². The van der Waals surface area contributed by atoms with Crippen molar-refractivity contribution in [2.45, 2.75) is 26.4 Å². The maximum atomic E-state index is 12.5. The molecule has 1 rings (SSSR count). The first kappa shape index (κ1) is 16.3. The fraction of sp³-hybridized carbons (Fsp3) is 0.538. The van der Waals surface area contributed by atoms with E-state index in [1.54, 1.807) is 0 Å². The molecule has 0 aliphatic rings. The number of halogens is 3. The average molecular weight is 288 g/mol. The van der Waals surface area contributed by atoms with E-state index >= 15 is 0 Å². The lowest BCUT2D eigenvalue weighted by Crippen LogP contribution is -2.32. The first-order valence-corrected chi connectivity index (χ1v) is 6.31. The number of nitrogens with two attached hydrogens (primary N) is 1. The number of hydrogen-bond donors (Lipinski definition) is 2. The van der Waals surface area contributed by atoms with E-state index in [1.807, 2.05) is 18.7 Å². The molecule has 7 heteroatoms. The predicted octanol–water partition coefficient (Wildman–Crippen LogP) is 2.89. The number of aromatic nitrogens is 1. The second-order valence-corrected chi connectivity index (χ2v) is 5.02. The van der Waals surface area contributed by atoms with Gasteiger partial charge in [0.2, 0.25) is 0 Å². The molecule has 0 saturated heterocycles. The molecule has 0 unspecified atom stereocenters. The molecule has 4 nitrogen and oxygen atoms in total. The van der Waals surface area contributed by atoms with E-state index in [0.717, 1.165) is 12.3 Å². The van der Waals surface area contributed by atoms with Gasteiger partial charge in [0.25, 0.3) is 0 Å². The summed E-state index contributed by atoms with van der Waals surface area (Å²) >= 11 is 0. The summed E-state index contributed by atoms with van der Waals surface area (Å²) in [6.45, 7) is 5.12. The van der Waals surface area contributed by atoms with Crippen LogP contribution in [0.25, 0.3) is 0 Å². The van der Waals surface area contributed by atoms with Gasteiger partial charge in [-0.05, 0) is 18.1 Å². The van der Waals surface area contributed by atoms with E-state index in [1.165, 1.54) is 6.07 Å². The first-order chi connectivity index (χ1) is 9.20. The van der Waals surface area contributed by atoms with Crippen LogP contribution in [0.3, 0.4) is 0 Å². The largest absolute Gasteiger partial charge is 0.417 e. The fourth-order valence-electron chi connectivity index (χ4n) is 1.74. The van der Waals surface area contributed by atoms with E-state index in [4.69, 9.17) is 11.1 Å². The highest BCUT2D eigenvalue weighted by atomic mass is 19.4. The van der Waals surface area contributed by atoms with E-state index in [2.05, 4.69) is 4.98 Å². The summed E-state index contributed by atoms with van der Waals surface area (Å²) in [5.41, 5.74) is 4.55. The minimum absolute atomic E-state index is 0.0469. The molecule has 112 valence electrons. The monoisotopic (exact) mass is 288 g/mol. The zero-order chi connectivity index (χ0) is 15.3. The number of rotatable bonds is 6. The molecular formula is C13H19F3N4. The zero-order valence-electron chi connectivity index (χ0n) is 11.5. The minimum Gasteiger partial charge on any atom is -0.388 e. The van der Waals surface area contributed by atoms with E-state index in [-0.39, 0.29) is 5.84 Å². The van der Waals surface area contributed by atoms with Gasteiger partial charge < -0.3 is 10.6 Å². The molecule has 0 bridgehead atoms. The van der Waals surface area contributed by atoms with E-state index in [9.17, 15) is 13.2 Å². The van der Waals surface area contributed by atoms with Gasteiger partial charge in [0.05, 0.1) is 11.4 Å². The molecule has 1 heterocycles. The number of hydrogen-bond acceptors (Lipinski definition) is 3. The van der Waals surface area contributed by atoms with Crippen LogP contribution in [-0.2, 0) is 6.18 Å². The Morgan fingerprint density at radius 1 is 1.40 bits per heavy atom. The summed E-state index contributed by atoms with van der Waals surface area (Å²) in [6, 6.07) is 2.37. The third-order valence-corrected chi connectivity index (χ3v) is 2.64. The fourth-order valence-corrected chi connectivity index (χ4v) is 1.74. The molecule has 0 fully saturated rings. The summed E-state index contributed by atoms with van der Waals surface area (Å²) in [4.78, 5) is 5.71. The van der Waals surface area contributed by atoms with Crippen molar-refractivity contribution in [1.29, 1.82) is 5.41 Å². The highest BCUT2D eigenvalue weighted by Gasteiger charge is 2.30. The molecule has 0 aromatic carbocycles. The Kier molecular flexibility index (Phi) is 5.35. The number of nitrogens with one attached hydrogen (secondary N) is 1. The van der Waals surface area contributed by atoms with Gasteiger partial charge in [-0.25, -0.2) is 4.98 Å². The SMILES string of the molecule is CC(C)CN(CCC(=N)N)c1ccc(C(F)(F)F)cn1. The molecule has 3 N–H and O–H groups in total. The van der Waals surface area contributed by atoms with E-state index in [0.29, 0.717) is 31.2 Å². The van der Waals surface area contributed by atoms with Crippen molar-refractivity contribution < 1.29 is 13.2 Å². The quantitative estimate of drug-likeness (QED) is 0.625. The topological polar surface area (TPSA) is 66.0 Å². The number of nitrogens with zero attached hydrogens (tertiary/aromatic N) is 2. The van der Waals surface area contributed by atoms with Gasteiger partial charge in [-0.1, -0.05) is 13.8 Å². The molecule has 0 amide bonds. The second-order valence-electron chi connectivity index (χ2n) is 5.02. The molecule has 0 saturated carbocycles. The number of anilines is 1. The third kappa shape index (κ3) is 5.07. The molecular weight excluding hydrogens is 269 g/mol. The molecule has 1 aromatic rings. The summed E-state index contributed by atoms with van der Waals surface area (Å²) < 4.78 is 37.5. The van der Waals surface area contributed by atoms with Crippen LogP contribution >= 0.6 is 0 Å². The maximum Gasteiger partial charge on any atom is 0.417 e. The van der Waals surface area contributed by atoms with E-state index < -0.39 is 11.7 Å². The molecule has 0 aliphatic heterocycles. The molecule has 0 atom stereocenters. The molecule has 20 heavy (non-hydrogen) atoms. The Balaban J connectivity index is 2.87. The Morgan fingerprint density at radius 2 is 2.05 bits per heavy atom. The first-order valence-electron chi connectivity index (χ1n) is 6.31. The van der Waals surface area contributed by atoms with Gasteiger partial charge in [-0.15, -0.1) is 0 Å². The Morgan fingerprint density at radius 3 is 2.45 bits per heavy atom. The van der Waals surface area contributed by atoms with Crippen molar-refractivity contribution in [2.24, 2.45) is 11.7 Å². The molecule has 0 aliphatic carbocycles. The molecule has 1 aromatic heterocycles. The second kappa shape index (κ2) is 6.58. The van der Waals surface area contributed by atoms with Gasteiger partial charge in [0.15, 0.2) is 0 Å². The molecule has 0 spiro atoms. The van der Waals surface area contributed by atoms with Gasteiger partial charge in [0.1, 0.15) is 5.82 Å². The van der Waals surface area contributed by atoms with Crippen LogP contribution in [0.4, 0.5) is 19.0 Å². The lowest BCUT2D eigenvalue weighted by atomic mass is 10.2. The minimum atomic E-state index is -4.38. The van der Waals surface area contributed by atoms with Crippen molar-refractivity contribution in [3.05, 3.63) is 23.9 Å². The van der Waals surface area contributed by atoms with Crippen LogP contribution in [-0.4, -0.2) is 23.9 Å². The summed E-state index contributed by atoms with van der Waals surface area (Å²) in [6.07, 6.45) is -3.19. The van der Waals surface area contributed by atoms with Crippen molar-refractivity contribution >= 4 is 11.7 Å². The van der Waals surface area contributed by atoms with Crippen molar-refractivity contribution in [2.75, 3.05) is 18.0 Å². The average Bonchev–Trinajstić information content (AvgIpc) is 2.33. The highest BCUT2D eigenvalue weighted by Crippen LogP contribution is 2.29. The lowest BCUT2D eigenvalue weighted by molar-refractivity contribution is -0.137. The van der Waals surface area contributed by atoms with Crippen LogP contribution in [0, 0.1) is 11.3 Å². The van der Waals surface area contributed by atoms with Gasteiger partial charge in [0, 0.05) is 25.7 Å². The highest BCUT2D eigenvalue weighted by molar-refractivity contribution is 5.77. The van der Waals surface area contributed by atoms with Crippen molar-refractivity contribution in [3.63, 3.8) is 0 Å². The Bertz CT molecular complexity index is 440. The van der Waals surface area contributed by atoms with Crippen LogP contribution in [0.15, 0.2) is 18.3 Å². The summed E-state index contributed by atoms with van der Waals surface area (Å²) in [5.74, 6) is 0.838. The lowest BCUT2D eigenvalue weighted by Gasteiger charge is -2.25. The van der Waals surface area contributed by atoms with Gasteiger partial charge >= 0.3 is 6.18 Å². The van der Waals surface area contributed by atoms with Crippen LogP contribution < -0.4 is 10.6 Å². The van der Waals surface area contributed by atoms with Crippen LogP contribution in [0.5, 0.6) is 0 Å².